The van der Waals surface area contributed by atoms with Crippen LogP contribution in [0.25, 0.3) is 0 Å². The Morgan fingerprint density at radius 1 is 1.37 bits per heavy atom. The van der Waals surface area contributed by atoms with Crippen molar-refractivity contribution in [3.05, 3.63) is 35.3 Å². The molecule has 0 aliphatic rings. The van der Waals surface area contributed by atoms with Crippen LogP contribution in [0.1, 0.15) is 20.3 Å². The first-order valence-corrected chi connectivity index (χ1v) is 5.98. The first-order valence-electron chi connectivity index (χ1n) is 5.98. The Labute approximate surface area is 112 Å². The second-order valence-corrected chi connectivity index (χ2v) is 4.00. The minimum atomic E-state index is -0.942. The molecule has 0 fully saturated rings. The van der Waals surface area contributed by atoms with Gasteiger partial charge in [0.2, 0.25) is 5.91 Å². The summed E-state index contributed by atoms with van der Waals surface area (Å²) in [5, 5.41) is 30.0. The molecule has 108 valence electrons. The molecule has 1 amide bonds. The van der Waals surface area contributed by atoms with Gasteiger partial charge in [-0.25, -0.2) is 0 Å². The Bertz CT molecular complexity index is 382. The highest BCUT2D eigenvalue weighted by atomic mass is 16.3. The first kappa shape index (κ1) is 17.2. The number of carbonyl (C=O) groups excluding carboxylic acids is 1. The quantitative estimate of drug-likeness (QED) is 0.344. The molecule has 0 aromatic heterocycles. The van der Waals surface area contributed by atoms with E-state index in [4.69, 9.17) is 15.9 Å². The molecule has 0 spiro atoms. The third-order valence-corrected chi connectivity index (χ3v) is 2.36. The molecular formula is C13H22N2O4. The minimum Gasteiger partial charge on any atom is -0.513 e. The normalized spacial score (nSPS) is 15.3. The predicted molar refractivity (Wildman–Crippen MR) is 73.5 cm³/mol. The van der Waals surface area contributed by atoms with Crippen molar-refractivity contribution in [3.8, 4) is 0 Å². The molecule has 0 heterocycles. The first-order chi connectivity index (χ1) is 8.92. The van der Waals surface area contributed by atoms with Crippen LogP contribution in [-0.2, 0) is 4.79 Å². The van der Waals surface area contributed by atoms with Crippen LogP contribution in [-0.4, -0.2) is 40.4 Å². The van der Waals surface area contributed by atoms with Crippen LogP contribution in [0, 0.1) is 0 Å². The molecule has 0 unspecified atom stereocenters. The second kappa shape index (κ2) is 9.18. The highest BCUT2D eigenvalue weighted by molar-refractivity contribution is 5.81. The fourth-order valence-electron chi connectivity index (χ4n) is 1.24. The van der Waals surface area contributed by atoms with E-state index in [1.165, 1.54) is 19.1 Å². The summed E-state index contributed by atoms with van der Waals surface area (Å²) in [5.41, 5.74) is 5.92. The van der Waals surface area contributed by atoms with Crippen molar-refractivity contribution in [2.24, 2.45) is 5.73 Å². The maximum atomic E-state index is 11.3. The number of aliphatic hydroxyl groups excluding tert-OH is 3. The zero-order valence-corrected chi connectivity index (χ0v) is 11.3. The Balaban J connectivity index is 4.49. The molecule has 6 nitrogen and oxygen atoms in total. The SMILES string of the molecule is C\C=C(O)/C(=C\C=C(/C)O)CCNC(=O)[C@@H](N)CO. The zero-order valence-electron chi connectivity index (χ0n) is 11.3. The number of amides is 1. The minimum absolute atomic E-state index is 0.0817. The Hall–Kier alpha value is -1.79. The van der Waals surface area contributed by atoms with Gasteiger partial charge in [0.05, 0.1) is 12.4 Å². The Morgan fingerprint density at radius 3 is 2.47 bits per heavy atom. The molecule has 0 radical (unpaired) electrons. The Kier molecular flexibility index (Phi) is 8.32. The number of allylic oxidation sites excluding steroid dienone is 5. The van der Waals surface area contributed by atoms with Gasteiger partial charge in [-0.05, 0) is 38.0 Å². The lowest BCUT2D eigenvalue weighted by Gasteiger charge is -2.10. The van der Waals surface area contributed by atoms with Crippen LogP contribution >= 0.6 is 0 Å². The summed E-state index contributed by atoms with van der Waals surface area (Å²) < 4.78 is 0. The highest BCUT2D eigenvalue weighted by Crippen LogP contribution is 2.11. The van der Waals surface area contributed by atoms with Gasteiger partial charge in [-0.3, -0.25) is 4.79 Å². The van der Waals surface area contributed by atoms with E-state index in [0.717, 1.165) is 0 Å². The van der Waals surface area contributed by atoms with Gasteiger partial charge in [0.25, 0.3) is 0 Å². The fraction of sp³-hybridized carbons (Fsp3) is 0.462. The van der Waals surface area contributed by atoms with Crippen molar-refractivity contribution in [3.63, 3.8) is 0 Å². The van der Waals surface area contributed by atoms with Crippen LogP contribution < -0.4 is 11.1 Å². The molecular weight excluding hydrogens is 248 g/mol. The van der Waals surface area contributed by atoms with Gasteiger partial charge in [0, 0.05) is 6.54 Å². The molecule has 0 saturated heterocycles. The van der Waals surface area contributed by atoms with E-state index in [9.17, 15) is 9.90 Å². The number of nitrogens with two attached hydrogens (primary N) is 1. The van der Waals surface area contributed by atoms with E-state index in [-0.39, 0.29) is 18.1 Å². The summed E-state index contributed by atoms with van der Waals surface area (Å²) in [6.45, 7) is 3.05. The standard InChI is InChI=1S/C13H22N2O4/c1-3-12(18)10(5-4-9(2)17)6-7-15-13(19)11(14)8-16/h3-5,11,16-18H,6-8,14H2,1-2H3,(H,15,19)/b9-4+,10-5-,12-3+/t11-/m0/s1. The zero-order chi connectivity index (χ0) is 14.8. The van der Waals surface area contributed by atoms with Crippen LogP contribution in [0.4, 0.5) is 0 Å². The molecule has 0 saturated carbocycles. The van der Waals surface area contributed by atoms with Gasteiger partial charge < -0.3 is 26.4 Å². The number of nitrogens with one attached hydrogen (secondary N) is 1. The van der Waals surface area contributed by atoms with Gasteiger partial charge in [-0.15, -0.1) is 0 Å². The monoisotopic (exact) mass is 270 g/mol. The van der Waals surface area contributed by atoms with Crippen molar-refractivity contribution >= 4 is 5.91 Å². The fourth-order valence-corrected chi connectivity index (χ4v) is 1.24. The molecule has 19 heavy (non-hydrogen) atoms. The van der Waals surface area contributed by atoms with Gasteiger partial charge in [0.1, 0.15) is 11.8 Å². The molecule has 0 aliphatic heterocycles. The second-order valence-electron chi connectivity index (χ2n) is 4.00. The van der Waals surface area contributed by atoms with E-state index in [1.54, 1.807) is 13.0 Å². The lowest BCUT2D eigenvalue weighted by atomic mass is 10.1. The average Bonchev–Trinajstić information content (AvgIpc) is 2.40. The Morgan fingerprint density at radius 2 is 2.00 bits per heavy atom. The summed E-state index contributed by atoms with van der Waals surface area (Å²) in [7, 11) is 0. The molecule has 0 bridgehead atoms. The number of hydrogen-bond acceptors (Lipinski definition) is 5. The van der Waals surface area contributed by atoms with E-state index in [2.05, 4.69) is 5.32 Å². The van der Waals surface area contributed by atoms with Gasteiger partial charge in [-0.1, -0.05) is 6.08 Å². The smallest absolute Gasteiger partial charge is 0.239 e. The highest BCUT2D eigenvalue weighted by Gasteiger charge is 2.11. The third-order valence-electron chi connectivity index (χ3n) is 2.36. The summed E-state index contributed by atoms with van der Waals surface area (Å²) in [4.78, 5) is 11.3. The van der Waals surface area contributed by atoms with E-state index >= 15 is 0 Å². The molecule has 1 atom stereocenters. The van der Waals surface area contributed by atoms with Crippen LogP contribution in [0.3, 0.4) is 0 Å². The summed E-state index contributed by atoms with van der Waals surface area (Å²) in [5.74, 6) is -0.248. The van der Waals surface area contributed by atoms with E-state index in [1.807, 2.05) is 0 Å². The lowest BCUT2D eigenvalue weighted by molar-refractivity contribution is -0.123. The molecule has 0 aromatic carbocycles. The van der Waals surface area contributed by atoms with Crippen molar-refractivity contribution in [2.75, 3.05) is 13.2 Å². The number of rotatable bonds is 7. The molecule has 6 N–H and O–H groups in total. The van der Waals surface area contributed by atoms with Gasteiger partial charge in [0.15, 0.2) is 0 Å². The van der Waals surface area contributed by atoms with Crippen molar-refractivity contribution in [1.82, 2.24) is 5.32 Å². The number of carbonyl (C=O) groups is 1. The number of hydrogen-bond donors (Lipinski definition) is 5. The van der Waals surface area contributed by atoms with E-state index < -0.39 is 18.6 Å². The molecule has 0 aromatic rings. The van der Waals surface area contributed by atoms with Crippen LogP contribution in [0.2, 0.25) is 0 Å². The maximum Gasteiger partial charge on any atom is 0.239 e. The predicted octanol–water partition coefficient (Wildman–Crippen LogP) is 0.662. The maximum absolute atomic E-state index is 11.3. The third kappa shape index (κ3) is 7.28. The van der Waals surface area contributed by atoms with Gasteiger partial charge in [-0.2, -0.15) is 0 Å². The molecule has 0 rings (SSSR count). The summed E-state index contributed by atoms with van der Waals surface area (Å²) in [6, 6.07) is -0.942. The van der Waals surface area contributed by atoms with Crippen LogP contribution in [0.15, 0.2) is 35.3 Å². The largest absolute Gasteiger partial charge is 0.513 e. The molecule has 0 aliphatic carbocycles. The van der Waals surface area contributed by atoms with Crippen molar-refractivity contribution < 1.29 is 20.1 Å². The number of aliphatic hydroxyl groups is 3. The topological polar surface area (TPSA) is 116 Å². The summed E-state index contributed by atoms with van der Waals surface area (Å²) in [6.07, 6.45) is 4.93. The van der Waals surface area contributed by atoms with Crippen molar-refractivity contribution in [1.29, 1.82) is 0 Å². The molecule has 6 heteroatoms. The lowest BCUT2D eigenvalue weighted by Crippen LogP contribution is -2.43. The van der Waals surface area contributed by atoms with E-state index in [0.29, 0.717) is 12.0 Å². The summed E-state index contributed by atoms with van der Waals surface area (Å²) >= 11 is 0. The van der Waals surface area contributed by atoms with Crippen LogP contribution in [0.5, 0.6) is 0 Å². The van der Waals surface area contributed by atoms with Crippen molar-refractivity contribution in [2.45, 2.75) is 26.3 Å². The van der Waals surface area contributed by atoms with Gasteiger partial charge >= 0.3 is 0 Å². The average molecular weight is 270 g/mol.